The lowest BCUT2D eigenvalue weighted by molar-refractivity contribution is -0.140. The van der Waals surface area contributed by atoms with Crippen molar-refractivity contribution in [2.24, 2.45) is 5.92 Å². The Hall–Kier alpha value is -3.15. The van der Waals surface area contributed by atoms with Gasteiger partial charge in [-0.25, -0.2) is 4.98 Å². The summed E-state index contributed by atoms with van der Waals surface area (Å²) in [6, 6.07) is 11.7. The molecule has 6 heteroatoms. The van der Waals surface area contributed by atoms with E-state index in [-0.39, 0.29) is 24.2 Å². The lowest BCUT2D eigenvalue weighted by Gasteiger charge is -2.30. The van der Waals surface area contributed by atoms with E-state index in [4.69, 9.17) is 9.47 Å². The molecule has 0 saturated heterocycles. The number of anilines is 1. The summed E-state index contributed by atoms with van der Waals surface area (Å²) >= 11 is 0. The smallest absolute Gasteiger partial charge is 0.305 e. The summed E-state index contributed by atoms with van der Waals surface area (Å²) in [6.45, 7) is 4.51. The van der Waals surface area contributed by atoms with E-state index in [0.717, 1.165) is 48.1 Å². The van der Waals surface area contributed by atoms with Gasteiger partial charge in [-0.2, -0.15) is 0 Å². The lowest BCUT2D eigenvalue weighted by Crippen LogP contribution is -2.38. The number of hydrogen-bond donors (Lipinski definition) is 0. The van der Waals surface area contributed by atoms with Gasteiger partial charge >= 0.3 is 5.97 Å². The normalized spacial score (nSPS) is 13.9. The number of carbonyl (C=O) groups is 2. The van der Waals surface area contributed by atoms with Crippen LogP contribution in [0.15, 0.2) is 54.7 Å². The minimum absolute atomic E-state index is 0.0295. The fraction of sp³-hybridized carbons (Fsp3) is 0.423. The van der Waals surface area contributed by atoms with Gasteiger partial charge in [0.2, 0.25) is 11.8 Å². The molecule has 1 aromatic carbocycles. The molecule has 0 unspecified atom stereocenters. The monoisotopic (exact) mass is 436 g/mol. The average Bonchev–Trinajstić information content (AvgIpc) is 2.86. The highest BCUT2D eigenvalue weighted by atomic mass is 16.5. The van der Waals surface area contributed by atoms with Gasteiger partial charge in [0.15, 0.2) is 0 Å². The molecule has 0 aliphatic heterocycles. The quantitative estimate of drug-likeness (QED) is 0.400. The molecule has 32 heavy (non-hydrogen) atoms. The first-order chi connectivity index (χ1) is 15.5. The van der Waals surface area contributed by atoms with Gasteiger partial charge in [-0.15, -0.1) is 0 Å². The van der Waals surface area contributed by atoms with Crippen LogP contribution in [0.3, 0.4) is 0 Å². The highest BCUT2D eigenvalue weighted by Crippen LogP contribution is 2.31. The minimum Gasteiger partial charge on any atom is -0.481 e. The molecular weight excluding hydrogens is 404 g/mol. The van der Waals surface area contributed by atoms with Crippen molar-refractivity contribution >= 4 is 17.6 Å². The zero-order valence-corrected chi connectivity index (χ0v) is 19.0. The van der Waals surface area contributed by atoms with Gasteiger partial charge < -0.3 is 14.4 Å². The molecule has 170 valence electrons. The molecule has 1 amide bonds. The van der Waals surface area contributed by atoms with E-state index in [1.165, 1.54) is 13.5 Å². The van der Waals surface area contributed by atoms with Crippen LogP contribution in [0.4, 0.5) is 5.69 Å². The molecule has 0 spiro atoms. The molecule has 0 N–H and O–H groups in total. The summed E-state index contributed by atoms with van der Waals surface area (Å²) in [5, 5.41) is 0. The SMILES string of the molecule is C=C(CCC(=O)OC)CN(C(=O)C1CCCCC1)c1cccc(-c2ccnc(OC)c2)c1. The molecule has 1 fully saturated rings. The number of ether oxygens (including phenoxy) is 2. The van der Waals surface area contributed by atoms with E-state index >= 15 is 0 Å². The number of pyridine rings is 1. The topological polar surface area (TPSA) is 68.7 Å². The molecular formula is C26H32N2O4. The molecule has 1 heterocycles. The Balaban J connectivity index is 1.87. The first kappa shape index (κ1) is 23.5. The van der Waals surface area contributed by atoms with E-state index < -0.39 is 0 Å². The lowest BCUT2D eigenvalue weighted by atomic mass is 9.88. The van der Waals surface area contributed by atoms with Crippen LogP contribution in [0.1, 0.15) is 44.9 Å². The van der Waals surface area contributed by atoms with Crippen LogP contribution >= 0.6 is 0 Å². The van der Waals surface area contributed by atoms with Crippen LogP contribution < -0.4 is 9.64 Å². The van der Waals surface area contributed by atoms with Gasteiger partial charge in [-0.1, -0.05) is 43.5 Å². The zero-order chi connectivity index (χ0) is 22.9. The Kier molecular flexibility index (Phi) is 8.42. The van der Waals surface area contributed by atoms with Crippen LogP contribution in [0.25, 0.3) is 11.1 Å². The van der Waals surface area contributed by atoms with Crippen LogP contribution in [0.2, 0.25) is 0 Å². The standard InChI is InChI=1S/C26H32N2O4/c1-19(12-13-25(29)32-3)18-28(26(30)20-8-5-4-6-9-20)23-11-7-10-21(16-23)22-14-15-27-24(17-22)31-2/h7,10-11,14-17,20H,1,4-6,8-9,12-13,18H2,2-3H3. The largest absolute Gasteiger partial charge is 0.481 e. The molecule has 0 radical (unpaired) electrons. The highest BCUT2D eigenvalue weighted by molar-refractivity contribution is 5.96. The molecule has 1 saturated carbocycles. The summed E-state index contributed by atoms with van der Waals surface area (Å²) in [4.78, 5) is 31.1. The second kappa shape index (κ2) is 11.5. The highest BCUT2D eigenvalue weighted by Gasteiger charge is 2.27. The van der Waals surface area contributed by atoms with Crippen molar-refractivity contribution in [1.82, 2.24) is 4.98 Å². The van der Waals surface area contributed by atoms with E-state index in [0.29, 0.717) is 18.8 Å². The third-order valence-electron chi connectivity index (χ3n) is 5.95. The molecule has 1 aliphatic carbocycles. The first-order valence-corrected chi connectivity index (χ1v) is 11.2. The number of nitrogens with zero attached hydrogens (tertiary/aromatic N) is 2. The van der Waals surface area contributed by atoms with Crippen molar-refractivity contribution in [3.8, 4) is 17.0 Å². The molecule has 0 atom stereocenters. The summed E-state index contributed by atoms with van der Waals surface area (Å²) in [7, 11) is 2.97. The molecule has 0 bridgehead atoms. The third-order valence-corrected chi connectivity index (χ3v) is 5.95. The minimum atomic E-state index is -0.273. The summed E-state index contributed by atoms with van der Waals surface area (Å²) in [6.07, 6.45) is 7.67. The Labute approximate surface area is 190 Å². The second-order valence-electron chi connectivity index (χ2n) is 8.22. The molecule has 2 aromatic rings. The van der Waals surface area contributed by atoms with Crippen LogP contribution in [-0.4, -0.2) is 37.6 Å². The Bertz CT molecular complexity index is 950. The van der Waals surface area contributed by atoms with E-state index in [2.05, 4.69) is 11.6 Å². The number of esters is 1. The maximum atomic E-state index is 13.5. The Morgan fingerprint density at radius 3 is 2.53 bits per heavy atom. The van der Waals surface area contributed by atoms with Gasteiger partial charge in [0.1, 0.15) is 0 Å². The van der Waals surface area contributed by atoms with Gasteiger partial charge in [0.25, 0.3) is 0 Å². The number of rotatable bonds is 9. The Morgan fingerprint density at radius 2 is 1.81 bits per heavy atom. The maximum Gasteiger partial charge on any atom is 0.305 e. The average molecular weight is 437 g/mol. The molecule has 1 aliphatic rings. The van der Waals surface area contributed by atoms with E-state index in [1.807, 2.05) is 41.3 Å². The van der Waals surface area contributed by atoms with Gasteiger partial charge in [0.05, 0.1) is 14.2 Å². The van der Waals surface area contributed by atoms with Gasteiger partial charge in [-0.3, -0.25) is 9.59 Å². The first-order valence-electron chi connectivity index (χ1n) is 11.2. The predicted molar refractivity (Wildman–Crippen MR) is 126 cm³/mol. The number of amides is 1. The Morgan fingerprint density at radius 1 is 1.06 bits per heavy atom. The van der Waals surface area contributed by atoms with Gasteiger partial charge in [0, 0.05) is 36.8 Å². The summed E-state index contributed by atoms with van der Waals surface area (Å²) < 4.78 is 10.00. The number of hydrogen-bond acceptors (Lipinski definition) is 5. The van der Waals surface area contributed by atoms with Gasteiger partial charge in [-0.05, 0) is 48.6 Å². The second-order valence-corrected chi connectivity index (χ2v) is 8.22. The number of methoxy groups -OCH3 is 2. The van der Waals surface area contributed by atoms with E-state index in [1.54, 1.807) is 13.3 Å². The molecule has 1 aromatic heterocycles. The number of aromatic nitrogens is 1. The van der Waals surface area contributed by atoms with Crippen molar-refractivity contribution in [2.45, 2.75) is 44.9 Å². The fourth-order valence-electron chi connectivity index (χ4n) is 4.10. The van der Waals surface area contributed by atoms with E-state index in [9.17, 15) is 9.59 Å². The molecule has 3 rings (SSSR count). The van der Waals surface area contributed by atoms with Crippen LogP contribution in [0.5, 0.6) is 5.88 Å². The van der Waals surface area contributed by atoms with Crippen molar-refractivity contribution in [3.63, 3.8) is 0 Å². The van der Waals surface area contributed by atoms with Crippen molar-refractivity contribution in [2.75, 3.05) is 25.7 Å². The summed E-state index contributed by atoms with van der Waals surface area (Å²) in [5.41, 5.74) is 3.60. The fourth-order valence-corrected chi connectivity index (χ4v) is 4.10. The predicted octanol–water partition coefficient (Wildman–Crippen LogP) is 5.18. The van der Waals surface area contributed by atoms with Crippen molar-refractivity contribution in [1.29, 1.82) is 0 Å². The van der Waals surface area contributed by atoms with Crippen molar-refractivity contribution < 1.29 is 19.1 Å². The maximum absolute atomic E-state index is 13.5. The summed E-state index contributed by atoms with van der Waals surface area (Å²) in [5.74, 6) is 0.430. The third kappa shape index (κ3) is 6.19. The molecule has 6 nitrogen and oxygen atoms in total. The number of benzene rings is 1. The van der Waals surface area contributed by atoms with Crippen LogP contribution in [-0.2, 0) is 14.3 Å². The zero-order valence-electron chi connectivity index (χ0n) is 19.0. The number of carbonyl (C=O) groups excluding carboxylic acids is 2. The van der Waals surface area contributed by atoms with Crippen molar-refractivity contribution in [3.05, 3.63) is 54.7 Å². The van der Waals surface area contributed by atoms with Crippen LogP contribution in [0, 0.1) is 5.92 Å².